The summed E-state index contributed by atoms with van der Waals surface area (Å²) in [6, 6.07) is 14.6. The second-order valence-electron chi connectivity index (χ2n) is 8.38. The molecule has 2 aliphatic rings. The van der Waals surface area contributed by atoms with Gasteiger partial charge in [0.1, 0.15) is 25.6 Å². The van der Waals surface area contributed by atoms with E-state index in [1.165, 1.54) is 16.5 Å². The molecule has 1 atom stereocenters. The van der Waals surface area contributed by atoms with Gasteiger partial charge in [-0.3, -0.25) is 0 Å². The summed E-state index contributed by atoms with van der Waals surface area (Å²) in [7, 11) is 2.09. The van der Waals surface area contributed by atoms with Crippen LogP contribution < -0.4 is 14.8 Å². The predicted octanol–water partition coefficient (Wildman–Crippen LogP) is 3.50. The van der Waals surface area contributed by atoms with E-state index < -0.39 is 0 Å². The van der Waals surface area contributed by atoms with Crippen LogP contribution in [-0.2, 0) is 31.5 Å². The lowest BCUT2D eigenvalue weighted by molar-refractivity contribution is 0.00327. The number of nitrogens with one attached hydrogen (secondary N) is 1. The van der Waals surface area contributed by atoms with Crippen LogP contribution in [0, 0.1) is 0 Å². The van der Waals surface area contributed by atoms with Gasteiger partial charge in [0.15, 0.2) is 11.5 Å². The van der Waals surface area contributed by atoms with Crippen molar-refractivity contribution in [2.24, 2.45) is 7.05 Å². The Labute approximate surface area is 186 Å². The zero-order valence-corrected chi connectivity index (χ0v) is 18.1. The van der Waals surface area contributed by atoms with Crippen LogP contribution in [0.5, 0.6) is 11.5 Å². The fourth-order valence-corrected chi connectivity index (χ4v) is 4.67. The molecule has 2 aliphatic heterocycles. The summed E-state index contributed by atoms with van der Waals surface area (Å²) in [5, 5.41) is 4.89. The van der Waals surface area contributed by atoms with Gasteiger partial charge < -0.3 is 28.7 Å². The number of benzene rings is 2. The monoisotopic (exact) mass is 430 g/mol. The van der Waals surface area contributed by atoms with Crippen LogP contribution in [0.4, 0.5) is 0 Å². The van der Waals surface area contributed by atoms with E-state index in [4.69, 9.17) is 14.2 Å². The van der Waals surface area contributed by atoms with Gasteiger partial charge in [-0.1, -0.05) is 18.2 Å². The molecule has 0 fully saturated rings. The molecular weight excluding hydrogens is 404 g/mol. The lowest BCUT2D eigenvalue weighted by Gasteiger charge is -2.26. The minimum Gasteiger partial charge on any atom is -0.486 e. The van der Waals surface area contributed by atoms with Crippen LogP contribution in [0.15, 0.2) is 54.9 Å². The minimum absolute atomic E-state index is 0.0858. The van der Waals surface area contributed by atoms with Crippen molar-refractivity contribution < 1.29 is 14.2 Å². The fourth-order valence-electron chi connectivity index (χ4n) is 4.67. The standard InChI is InChI=1S/C25H26N4O3/c1-28-14-18(20-4-2-3-5-21(20)28)11-26-12-19-15-29-22(13-27-25(29)16-32-19)17-6-7-23-24(10-17)31-9-8-30-23/h2-7,10,13-14,19,26H,8-9,11-12,15-16H2,1H3. The highest BCUT2D eigenvalue weighted by molar-refractivity contribution is 5.83. The lowest BCUT2D eigenvalue weighted by Crippen LogP contribution is -2.36. The van der Waals surface area contributed by atoms with E-state index in [1.54, 1.807) is 0 Å². The van der Waals surface area contributed by atoms with Crippen LogP contribution >= 0.6 is 0 Å². The van der Waals surface area contributed by atoms with E-state index >= 15 is 0 Å². The van der Waals surface area contributed by atoms with E-state index in [-0.39, 0.29) is 6.10 Å². The van der Waals surface area contributed by atoms with Gasteiger partial charge in [-0.05, 0) is 29.8 Å². The second kappa shape index (κ2) is 8.00. The molecule has 0 spiro atoms. The average Bonchev–Trinajstić information content (AvgIpc) is 3.40. The van der Waals surface area contributed by atoms with E-state index in [0.29, 0.717) is 19.8 Å². The molecule has 6 rings (SSSR count). The Kier molecular flexibility index (Phi) is 4.85. The van der Waals surface area contributed by atoms with Gasteiger partial charge in [0.05, 0.1) is 24.5 Å². The smallest absolute Gasteiger partial charge is 0.162 e. The van der Waals surface area contributed by atoms with Crippen LogP contribution in [0.3, 0.4) is 0 Å². The first-order valence-electron chi connectivity index (χ1n) is 11.1. The number of para-hydroxylation sites is 1. The summed E-state index contributed by atoms with van der Waals surface area (Å²) in [6.07, 6.45) is 4.21. The third-order valence-corrected chi connectivity index (χ3v) is 6.28. The lowest BCUT2D eigenvalue weighted by atomic mass is 10.1. The number of nitrogens with zero attached hydrogens (tertiary/aromatic N) is 3. The molecule has 164 valence electrons. The molecule has 1 unspecified atom stereocenters. The molecule has 0 amide bonds. The van der Waals surface area contributed by atoms with Gasteiger partial charge in [-0.2, -0.15) is 0 Å². The highest BCUT2D eigenvalue weighted by Gasteiger charge is 2.23. The summed E-state index contributed by atoms with van der Waals surface area (Å²) in [4.78, 5) is 4.59. The maximum Gasteiger partial charge on any atom is 0.162 e. The Morgan fingerprint density at radius 1 is 1.09 bits per heavy atom. The zero-order chi connectivity index (χ0) is 21.5. The van der Waals surface area contributed by atoms with Crippen molar-refractivity contribution in [2.75, 3.05) is 19.8 Å². The van der Waals surface area contributed by atoms with Gasteiger partial charge in [0.25, 0.3) is 0 Å². The number of aryl methyl sites for hydroxylation is 1. The second-order valence-corrected chi connectivity index (χ2v) is 8.38. The first-order chi connectivity index (χ1) is 15.8. The fraction of sp³-hybridized carbons (Fsp3) is 0.320. The van der Waals surface area contributed by atoms with Crippen LogP contribution in [0.2, 0.25) is 0 Å². The summed E-state index contributed by atoms with van der Waals surface area (Å²) in [5.74, 6) is 2.56. The van der Waals surface area contributed by atoms with Crippen molar-refractivity contribution >= 4 is 10.9 Å². The van der Waals surface area contributed by atoms with Gasteiger partial charge in [0, 0.05) is 42.8 Å². The molecule has 0 aliphatic carbocycles. The van der Waals surface area contributed by atoms with Crippen molar-refractivity contribution in [2.45, 2.75) is 25.8 Å². The Morgan fingerprint density at radius 2 is 1.97 bits per heavy atom. The molecule has 0 bridgehead atoms. The molecule has 2 aromatic heterocycles. The summed E-state index contributed by atoms with van der Waals surface area (Å²) >= 11 is 0. The Hall–Kier alpha value is -3.29. The predicted molar refractivity (Wildman–Crippen MR) is 122 cm³/mol. The topological polar surface area (TPSA) is 62.5 Å². The third kappa shape index (κ3) is 3.43. The van der Waals surface area contributed by atoms with Crippen molar-refractivity contribution in [3.8, 4) is 22.8 Å². The van der Waals surface area contributed by atoms with Crippen molar-refractivity contribution in [1.82, 2.24) is 19.4 Å². The summed E-state index contributed by atoms with van der Waals surface area (Å²) < 4.78 is 21.9. The number of rotatable bonds is 5. The summed E-state index contributed by atoms with van der Waals surface area (Å²) in [6.45, 7) is 4.06. The maximum absolute atomic E-state index is 6.08. The number of aromatic nitrogens is 3. The summed E-state index contributed by atoms with van der Waals surface area (Å²) in [5.41, 5.74) is 4.72. The van der Waals surface area contributed by atoms with Crippen molar-refractivity contribution in [1.29, 1.82) is 0 Å². The quantitative estimate of drug-likeness (QED) is 0.525. The highest BCUT2D eigenvalue weighted by Crippen LogP contribution is 2.35. The first kappa shape index (κ1) is 19.4. The van der Waals surface area contributed by atoms with Crippen LogP contribution in [0.1, 0.15) is 11.4 Å². The number of imidazole rings is 1. The average molecular weight is 431 g/mol. The molecule has 4 heterocycles. The third-order valence-electron chi connectivity index (χ3n) is 6.28. The molecule has 0 radical (unpaired) electrons. The SMILES string of the molecule is Cn1cc(CNCC2Cn3c(-c4ccc5c(c4)OCCO5)cnc3CO2)c2ccccc21. The van der Waals surface area contributed by atoms with Crippen molar-refractivity contribution in [3.05, 3.63) is 66.2 Å². The molecule has 32 heavy (non-hydrogen) atoms. The van der Waals surface area contributed by atoms with Gasteiger partial charge in [-0.25, -0.2) is 4.98 Å². The van der Waals surface area contributed by atoms with Gasteiger partial charge in [0.2, 0.25) is 0 Å². The molecule has 7 heteroatoms. The highest BCUT2D eigenvalue weighted by atomic mass is 16.6. The molecule has 1 N–H and O–H groups in total. The van der Waals surface area contributed by atoms with E-state index in [0.717, 1.165) is 48.2 Å². The number of fused-ring (bicyclic) bond motifs is 3. The van der Waals surface area contributed by atoms with E-state index in [9.17, 15) is 0 Å². The van der Waals surface area contributed by atoms with Crippen LogP contribution in [0.25, 0.3) is 22.2 Å². The molecule has 2 aromatic carbocycles. The number of hydrogen-bond acceptors (Lipinski definition) is 5. The first-order valence-corrected chi connectivity index (χ1v) is 11.1. The number of hydrogen-bond donors (Lipinski definition) is 1. The van der Waals surface area contributed by atoms with Gasteiger partial charge in [-0.15, -0.1) is 0 Å². The molecule has 4 aromatic rings. The number of ether oxygens (including phenoxy) is 3. The molecular formula is C25H26N4O3. The van der Waals surface area contributed by atoms with E-state index in [2.05, 4.69) is 63.0 Å². The van der Waals surface area contributed by atoms with Gasteiger partial charge >= 0.3 is 0 Å². The zero-order valence-electron chi connectivity index (χ0n) is 18.1. The van der Waals surface area contributed by atoms with E-state index in [1.807, 2.05) is 18.3 Å². The Bertz CT molecular complexity index is 1280. The largest absolute Gasteiger partial charge is 0.486 e. The maximum atomic E-state index is 6.08. The Morgan fingerprint density at radius 3 is 2.91 bits per heavy atom. The molecule has 7 nitrogen and oxygen atoms in total. The minimum atomic E-state index is 0.0858. The molecule has 0 saturated carbocycles. The van der Waals surface area contributed by atoms with Crippen molar-refractivity contribution in [3.63, 3.8) is 0 Å². The van der Waals surface area contributed by atoms with Crippen LogP contribution in [-0.4, -0.2) is 40.0 Å². The Balaban J connectivity index is 1.15. The normalized spacial score (nSPS) is 17.5. The molecule has 0 saturated heterocycles.